The lowest BCUT2D eigenvalue weighted by Gasteiger charge is -2.02. The van der Waals surface area contributed by atoms with Gasteiger partial charge in [0, 0.05) is 22.4 Å². The standard InChI is InChI=1S/C10H10N2OS/c13-3-2-12-10-7(6-11-12)5-9-8(10)1-4-14-9/h1,4,6,13H,2-3,5H2. The molecule has 0 unspecified atom stereocenters. The average molecular weight is 206 g/mol. The fourth-order valence-corrected chi connectivity index (χ4v) is 2.89. The normalized spacial score (nSPS) is 12.9. The highest BCUT2D eigenvalue weighted by Crippen LogP contribution is 2.39. The molecule has 72 valence electrons. The van der Waals surface area contributed by atoms with Crippen LogP contribution in [0.2, 0.25) is 0 Å². The Morgan fingerprint density at radius 3 is 3.36 bits per heavy atom. The van der Waals surface area contributed by atoms with Gasteiger partial charge in [0.25, 0.3) is 0 Å². The van der Waals surface area contributed by atoms with Crippen molar-refractivity contribution in [1.82, 2.24) is 9.78 Å². The number of aliphatic hydroxyl groups is 1. The van der Waals surface area contributed by atoms with Gasteiger partial charge in [-0.3, -0.25) is 4.68 Å². The third kappa shape index (κ3) is 0.980. The summed E-state index contributed by atoms with van der Waals surface area (Å²) in [5.74, 6) is 0. The summed E-state index contributed by atoms with van der Waals surface area (Å²) in [6.07, 6.45) is 2.92. The number of thiophene rings is 1. The molecule has 3 rings (SSSR count). The molecule has 0 fully saturated rings. The zero-order valence-corrected chi connectivity index (χ0v) is 8.42. The lowest BCUT2D eigenvalue weighted by Crippen LogP contribution is -2.04. The topological polar surface area (TPSA) is 38.0 Å². The Morgan fingerprint density at radius 2 is 2.50 bits per heavy atom. The number of rotatable bonds is 2. The Balaban J connectivity index is 2.15. The average Bonchev–Trinajstić information content (AvgIpc) is 2.77. The summed E-state index contributed by atoms with van der Waals surface area (Å²) in [5, 5.41) is 15.3. The quantitative estimate of drug-likeness (QED) is 0.690. The van der Waals surface area contributed by atoms with Crippen LogP contribution in [-0.4, -0.2) is 21.5 Å². The van der Waals surface area contributed by atoms with Crippen LogP contribution >= 0.6 is 11.3 Å². The van der Waals surface area contributed by atoms with Crippen LogP contribution in [0.15, 0.2) is 17.6 Å². The van der Waals surface area contributed by atoms with Gasteiger partial charge in [-0.25, -0.2) is 0 Å². The van der Waals surface area contributed by atoms with Crippen molar-refractivity contribution >= 4 is 11.3 Å². The highest BCUT2D eigenvalue weighted by atomic mass is 32.1. The summed E-state index contributed by atoms with van der Waals surface area (Å²) in [4.78, 5) is 1.42. The second-order valence-corrected chi connectivity index (χ2v) is 4.40. The van der Waals surface area contributed by atoms with Gasteiger partial charge in [-0.05, 0) is 11.4 Å². The fourth-order valence-electron chi connectivity index (χ4n) is 1.99. The molecule has 0 bridgehead atoms. The van der Waals surface area contributed by atoms with Crippen molar-refractivity contribution in [3.05, 3.63) is 28.1 Å². The Labute approximate surface area is 85.6 Å². The van der Waals surface area contributed by atoms with E-state index in [0.29, 0.717) is 6.54 Å². The van der Waals surface area contributed by atoms with E-state index >= 15 is 0 Å². The van der Waals surface area contributed by atoms with E-state index in [2.05, 4.69) is 16.5 Å². The molecule has 1 aliphatic rings. The van der Waals surface area contributed by atoms with E-state index in [1.165, 1.54) is 21.7 Å². The van der Waals surface area contributed by atoms with Crippen LogP contribution < -0.4 is 0 Å². The van der Waals surface area contributed by atoms with Gasteiger partial charge < -0.3 is 5.11 Å². The van der Waals surface area contributed by atoms with Crippen molar-refractivity contribution < 1.29 is 5.11 Å². The van der Waals surface area contributed by atoms with Crippen molar-refractivity contribution in [3.8, 4) is 11.3 Å². The zero-order valence-electron chi connectivity index (χ0n) is 7.60. The van der Waals surface area contributed by atoms with Crippen LogP contribution in [0.3, 0.4) is 0 Å². The van der Waals surface area contributed by atoms with Gasteiger partial charge in [0.05, 0.1) is 25.0 Å². The highest BCUT2D eigenvalue weighted by Gasteiger charge is 2.23. The minimum Gasteiger partial charge on any atom is -0.394 e. The van der Waals surface area contributed by atoms with Gasteiger partial charge >= 0.3 is 0 Å². The molecular weight excluding hydrogens is 196 g/mol. The maximum absolute atomic E-state index is 8.91. The Kier molecular flexibility index (Phi) is 1.72. The lowest BCUT2D eigenvalue weighted by molar-refractivity contribution is 0.270. The SMILES string of the molecule is OCCn1ncc2c1-c1ccsc1C2. The Morgan fingerprint density at radius 1 is 1.57 bits per heavy atom. The van der Waals surface area contributed by atoms with Crippen LogP contribution in [0.5, 0.6) is 0 Å². The number of hydrogen-bond acceptors (Lipinski definition) is 3. The summed E-state index contributed by atoms with van der Waals surface area (Å²) in [7, 11) is 0. The Bertz CT molecular complexity index is 472. The molecule has 14 heavy (non-hydrogen) atoms. The van der Waals surface area contributed by atoms with Gasteiger partial charge in [-0.15, -0.1) is 11.3 Å². The second kappa shape index (κ2) is 2.93. The van der Waals surface area contributed by atoms with E-state index in [-0.39, 0.29) is 6.61 Å². The molecule has 2 heterocycles. The van der Waals surface area contributed by atoms with E-state index in [1.54, 1.807) is 11.3 Å². The minimum absolute atomic E-state index is 0.146. The highest BCUT2D eigenvalue weighted by molar-refractivity contribution is 7.10. The fraction of sp³-hybridized carbons (Fsp3) is 0.300. The van der Waals surface area contributed by atoms with Gasteiger partial charge in [0.1, 0.15) is 0 Å². The largest absolute Gasteiger partial charge is 0.394 e. The van der Waals surface area contributed by atoms with Crippen LogP contribution in [0.25, 0.3) is 11.3 Å². The summed E-state index contributed by atoms with van der Waals surface area (Å²) in [6, 6.07) is 2.14. The predicted molar refractivity (Wildman–Crippen MR) is 55.4 cm³/mol. The number of aromatic nitrogens is 2. The number of fused-ring (bicyclic) bond motifs is 3. The summed E-state index contributed by atoms with van der Waals surface area (Å²) in [6.45, 7) is 0.734. The number of aliphatic hydroxyl groups excluding tert-OH is 1. The van der Waals surface area contributed by atoms with Crippen molar-refractivity contribution in [2.45, 2.75) is 13.0 Å². The monoisotopic (exact) mass is 206 g/mol. The maximum atomic E-state index is 8.91. The van der Waals surface area contributed by atoms with E-state index < -0.39 is 0 Å². The molecule has 0 atom stereocenters. The summed E-state index contributed by atoms with van der Waals surface area (Å²) >= 11 is 1.80. The van der Waals surface area contributed by atoms with Crippen LogP contribution in [0.1, 0.15) is 10.4 Å². The molecule has 0 radical (unpaired) electrons. The first kappa shape index (κ1) is 8.20. The second-order valence-electron chi connectivity index (χ2n) is 3.40. The molecule has 2 aromatic rings. The van der Waals surface area contributed by atoms with E-state index in [9.17, 15) is 0 Å². The molecular formula is C10H10N2OS. The van der Waals surface area contributed by atoms with Crippen molar-refractivity contribution in [2.24, 2.45) is 0 Å². The van der Waals surface area contributed by atoms with Gasteiger partial charge in [0.2, 0.25) is 0 Å². The smallest absolute Gasteiger partial charge is 0.0730 e. The van der Waals surface area contributed by atoms with Crippen molar-refractivity contribution in [1.29, 1.82) is 0 Å². The summed E-state index contributed by atoms with van der Waals surface area (Å²) in [5.41, 5.74) is 3.80. The van der Waals surface area contributed by atoms with Crippen molar-refractivity contribution in [2.75, 3.05) is 6.61 Å². The number of nitrogens with zero attached hydrogens (tertiary/aromatic N) is 2. The third-order valence-electron chi connectivity index (χ3n) is 2.58. The van der Waals surface area contributed by atoms with E-state index in [0.717, 1.165) is 6.42 Å². The first-order valence-electron chi connectivity index (χ1n) is 4.62. The molecule has 4 heteroatoms. The van der Waals surface area contributed by atoms with Crippen molar-refractivity contribution in [3.63, 3.8) is 0 Å². The van der Waals surface area contributed by atoms with Gasteiger partial charge in [-0.1, -0.05) is 0 Å². The molecule has 1 aliphatic carbocycles. The van der Waals surface area contributed by atoms with Crippen LogP contribution in [0.4, 0.5) is 0 Å². The van der Waals surface area contributed by atoms with E-state index in [1.807, 2.05) is 10.9 Å². The Hall–Kier alpha value is -1.13. The third-order valence-corrected chi connectivity index (χ3v) is 3.50. The molecule has 0 saturated heterocycles. The molecule has 0 spiro atoms. The molecule has 2 aromatic heterocycles. The molecule has 0 aromatic carbocycles. The summed E-state index contributed by atoms with van der Waals surface area (Å²) < 4.78 is 1.90. The van der Waals surface area contributed by atoms with E-state index in [4.69, 9.17) is 5.11 Å². The lowest BCUT2D eigenvalue weighted by atomic mass is 10.2. The minimum atomic E-state index is 0.146. The first-order chi connectivity index (χ1) is 6.90. The first-order valence-corrected chi connectivity index (χ1v) is 5.50. The molecule has 0 amide bonds. The molecule has 1 N–H and O–H groups in total. The van der Waals surface area contributed by atoms with Gasteiger partial charge in [-0.2, -0.15) is 5.10 Å². The zero-order chi connectivity index (χ0) is 9.54. The number of hydrogen-bond donors (Lipinski definition) is 1. The predicted octanol–water partition coefficient (Wildman–Crippen LogP) is 1.51. The molecule has 0 aliphatic heterocycles. The van der Waals surface area contributed by atoms with Crippen LogP contribution in [0, 0.1) is 0 Å². The maximum Gasteiger partial charge on any atom is 0.0730 e. The molecule has 3 nitrogen and oxygen atoms in total. The van der Waals surface area contributed by atoms with Gasteiger partial charge in [0.15, 0.2) is 0 Å². The molecule has 0 saturated carbocycles. The van der Waals surface area contributed by atoms with Crippen LogP contribution in [-0.2, 0) is 13.0 Å².